The zero-order valence-corrected chi connectivity index (χ0v) is 12.5. The van der Waals surface area contributed by atoms with Crippen molar-refractivity contribution < 1.29 is 24.2 Å². The van der Waals surface area contributed by atoms with Gasteiger partial charge in [-0.1, -0.05) is 6.07 Å². The van der Waals surface area contributed by atoms with Crippen molar-refractivity contribution in [2.45, 2.75) is 31.7 Å². The Morgan fingerprint density at radius 2 is 2.19 bits per heavy atom. The van der Waals surface area contributed by atoms with Crippen molar-refractivity contribution in [3.63, 3.8) is 0 Å². The standard InChI is InChI=1S/C14H17NO5S/c1-2-20-13(19)14(12(17)18)7-3-4-8-15(14)11(16)10-6-5-9-21-10/h5-6,9H,2-4,7-8H2,1H3,(H,17,18)/t14-/m1/s1. The molecule has 0 aliphatic carbocycles. The number of amides is 1. The maximum Gasteiger partial charge on any atom is 0.343 e. The van der Waals surface area contributed by atoms with E-state index in [4.69, 9.17) is 4.74 Å². The van der Waals surface area contributed by atoms with Gasteiger partial charge in [-0.2, -0.15) is 0 Å². The molecule has 0 saturated carbocycles. The number of carbonyl (C=O) groups excluding carboxylic acids is 2. The summed E-state index contributed by atoms with van der Waals surface area (Å²) in [6.07, 6.45) is 1.32. The minimum atomic E-state index is -1.91. The SMILES string of the molecule is CCOC(=O)[C@]1(C(=O)O)CCCCN1C(=O)c1cccs1. The Balaban J connectivity index is 2.41. The zero-order chi connectivity index (χ0) is 15.5. The Morgan fingerprint density at radius 1 is 1.43 bits per heavy atom. The summed E-state index contributed by atoms with van der Waals surface area (Å²) in [6.45, 7) is 1.93. The van der Waals surface area contributed by atoms with Gasteiger partial charge in [-0.05, 0) is 37.6 Å². The Hall–Kier alpha value is -1.89. The number of nitrogens with zero attached hydrogens (tertiary/aromatic N) is 1. The summed E-state index contributed by atoms with van der Waals surface area (Å²) in [5, 5.41) is 11.4. The van der Waals surface area contributed by atoms with Crippen molar-refractivity contribution in [1.82, 2.24) is 4.90 Å². The van der Waals surface area contributed by atoms with Crippen molar-refractivity contribution in [2.24, 2.45) is 0 Å². The van der Waals surface area contributed by atoms with Crippen LogP contribution in [0, 0.1) is 0 Å². The number of carboxylic acids is 1. The number of piperidine rings is 1. The molecule has 1 aliphatic rings. The highest BCUT2D eigenvalue weighted by molar-refractivity contribution is 7.12. The van der Waals surface area contributed by atoms with Crippen LogP contribution in [0.4, 0.5) is 0 Å². The normalized spacial score (nSPS) is 21.9. The maximum atomic E-state index is 12.6. The monoisotopic (exact) mass is 311 g/mol. The average Bonchev–Trinajstić information content (AvgIpc) is 3.00. The maximum absolute atomic E-state index is 12.6. The molecule has 21 heavy (non-hydrogen) atoms. The largest absolute Gasteiger partial charge is 0.479 e. The molecule has 2 rings (SSSR count). The van der Waals surface area contributed by atoms with Crippen LogP contribution in [-0.4, -0.2) is 46.5 Å². The molecule has 0 bridgehead atoms. The van der Waals surface area contributed by atoms with Gasteiger partial charge in [0.1, 0.15) is 0 Å². The molecular formula is C14H17NO5S. The van der Waals surface area contributed by atoms with E-state index in [1.807, 2.05) is 0 Å². The molecule has 1 aromatic heterocycles. The van der Waals surface area contributed by atoms with Crippen LogP contribution in [0.3, 0.4) is 0 Å². The molecule has 1 atom stereocenters. The molecule has 1 amide bonds. The summed E-state index contributed by atoms with van der Waals surface area (Å²) < 4.78 is 4.93. The number of carboxylic acid groups (broad SMARTS) is 1. The van der Waals surface area contributed by atoms with E-state index in [1.54, 1.807) is 24.4 Å². The minimum absolute atomic E-state index is 0.0783. The fraction of sp³-hybridized carbons (Fsp3) is 0.500. The molecule has 114 valence electrons. The third-order valence-electron chi connectivity index (χ3n) is 3.58. The highest BCUT2D eigenvalue weighted by Crippen LogP contribution is 2.32. The minimum Gasteiger partial charge on any atom is -0.479 e. The average molecular weight is 311 g/mol. The first kappa shape index (κ1) is 15.5. The molecule has 6 nitrogen and oxygen atoms in total. The van der Waals surface area contributed by atoms with Crippen molar-refractivity contribution in [1.29, 1.82) is 0 Å². The molecule has 1 N–H and O–H groups in total. The number of thiophene rings is 1. The van der Waals surface area contributed by atoms with Gasteiger partial charge in [-0.3, -0.25) is 4.79 Å². The highest BCUT2D eigenvalue weighted by Gasteiger charge is 2.55. The van der Waals surface area contributed by atoms with Gasteiger partial charge in [0.25, 0.3) is 5.91 Å². The Labute approximate surface area is 126 Å². The van der Waals surface area contributed by atoms with E-state index in [0.29, 0.717) is 17.7 Å². The molecule has 0 aromatic carbocycles. The van der Waals surface area contributed by atoms with Crippen LogP contribution >= 0.6 is 11.3 Å². The van der Waals surface area contributed by atoms with E-state index in [9.17, 15) is 19.5 Å². The van der Waals surface area contributed by atoms with Gasteiger partial charge in [0.05, 0.1) is 11.5 Å². The van der Waals surface area contributed by atoms with Crippen LogP contribution in [0.15, 0.2) is 17.5 Å². The summed E-state index contributed by atoms with van der Waals surface area (Å²) in [5.74, 6) is -2.62. The molecule has 0 unspecified atom stereocenters. The molecule has 1 saturated heterocycles. The number of likely N-dealkylation sites (tertiary alicyclic amines) is 1. The van der Waals surface area contributed by atoms with Crippen molar-refractivity contribution in [3.05, 3.63) is 22.4 Å². The van der Waals surface area contributed by atoms with E-state index in [1.165, 1.54) is 11.3 Å². The second kappa shape index (κ2) is 6.26. The Bertz CT molecular complexity index is 542. The molecule has 1 fully saturated rings. The van der Waals surface area contributed by atoms with Gasteiger partial charge < -0.3 is 14.7 Å². The lowest BCUT2D eigenvalue weighted by atomic mass is 9.86. The first-order chi connectivity index (χ1) is 10.0. The van der Waals surface area contributed by atoms with Crippen LogP contribution in [0.1, 0.15) is 35.9 Å². The van der Waals surface area contributed by atoms with Gasteiger partial charge in [-0.25, -0.2) is 9.59 Å². The quantitative estimate of drug-likeness (QED) is 0.676. The van der Waals surface area contributed by atoms with E-state index < -0.39 is 23.4 Å². The summed E-state index contributed by atoms with van der Waals surface area (Å²) in [6, 6.07) is 3.34. The van der Waals surface area contributed by atoms with Crippen molar-refractivity contribution in [2.75, 3.05) is 13.2 Å². The summed E-state index contributed by atoms with van der Waals surface area (Å²) in [4.78, 5) is 38.2. The fourth-order valence-electron chi connectivity index (χ4n) is 2.56. The second-order valence-corrected chi connectivity index (χ2v) is 5.72. The van der Waals surface area contributed by atoms with Crippen molar-refractivity contribution >= 4 is 29.2 Å². The number of esters is 1. The van der Waals surface area contributed by atoms with Crippen molar-refractivity contribution in [3.8, 4) is 0 Å². The van der Waals surface area contributed by atoms with Crippen LogP contribution in [0.2, 0.25) is 0 Å². The third-order valence-corrected chi connectivity index (χ3v) is 4.43. The van der Waals surface area contributed by atoms with Crippen LogP contribution in [0.25, 0.3) is 0 Å². The third kappa shape index (κ3) is 2.65. The number of aliphatic carboxylic acids is 1. The molecule has 0 spiro atoms. The topological polar surface area (TPSA) is 83.9 Å². The lowest BCUT2D eigenvalue weighted by Gasteiger charge is -2.41. The molecule has 2 heterocycles. The number of carbonyl (C=O) groups is 3. The predicted octanol–water partition coefficient (Wildman–Crippen LogP) is 1.76. The van der Waals surface area contributed by atoms with E-state index >= 15 is 0 Å². The summed E-state index contributed by atoms with van der Waals surface area (Å²) >= 11 is 1.23. The molecule has 1 aromatic rings. The number of ether oxygens (including phenoxy) is 1. The lowest BCUT2D eigenvalue weighted by Crippen LogP contribution is -2.64. The van der Waals surface area contributed by atoms with Gasteiger partial charge in [0.15, 0.2) is 0 Å². The second-order valence-electron chi connectivity index (χ2n) is 4.78. The fourth-order valence-corrected chi connectivity index (χ4v) is 3.23. The Morgan fingerprint density at radius 3 is 2.76 bits per heavy atom. The van der Waals surface area contributed by atoms with Gasteiger partial charge >= 0.3 is 11.9 Å². The van der Waals surface area contributed by atoms with Crippen LogP contribution in [-0.2, 0) is 14.3 Å². The van der Waals surface area contributed by atoms with Gasteiger partial charge in [0, 0.05) is 6.54 Å². The van der Waals surface area contributed by atoms with E-state index in [0.717, 1.165) is 4.90 Å². The first-order valence-electron chi connectivity index (χ1n) is 6.80. The highest BCUT2D eigenvalue weighted by atomic mass is 32.1. The lowest BCUT2D eigenvalue weighted by molar-refractivity contribution is -0.172. The molecule has 1 aliphatic heterocycles. The summed E-state index contributed by atoms with van der Waals surface area (Å²) in [5.41, 5.74) is -1.91. The van der Waals surface area contributed by atoms with Gasteiger partial charge in [0.2, 0.25) is 5.54 Å². The molecule has 0 radical (unpaired) electrons. The van der Waals surface area contributed by atoms with E-state index in [-0.39, 0.29) is 19.6 Å². The van der Waals surface area contributed by atoms with Crippen LogP contribution in [0.5, 0.6) is 0 Å². The predicted molar refractivity (Wildman–Crippen MR) is 76.2 cm³/mol. The number of hydrogen-bond acceptors (Lipinski definition) is 5. The van der Waals surface area contributed by atoms with E-state index in [2.05, 4.69) is 0 Å². The van der Waals surface area contributed by atoms with Gasteiger partial charge in [-0.15, -0.1) is 11.3 Å². The number of hydrogen-bond donors (Lipinski definition) is 1. The molecule has 7 heteroatoms. The first-order valence-corrected chi connectivity index (χ1v) is 7.68. The van der Waals surface area contributed by atoms with Crippen LogP contribution < -0.4 is 0 Å². The zero-order valence-electron chi connectivity index (χ0n) is 11.7. The molecular weight excluding hydrogens is 294 g/mol. The summed E-state index contributed by atoms with van der Waals surface area (Å²) in [7, 11) is 0. The Kier molecular flexibility index (Phi) is 4.62. The smallest absolute Gasteiger partial charge is 0.343 e. The number of rotatable bonds is 4.